The fraction of sp³-hybridized carbons (Fsp3) is 0.143. The number of nitrogens with one attached hydrogen (secondary N) is 1. The average molecular weight is 320 g/mol. The van der Waals surface area contributed by atoms with E-state index in [0.29, 0.717) is 27.8 Å². The number of hydrogen-bond donors (Lipinski definition) is 1. The number of rotatable bonds is 3. The molecule has 0 atom stereocenters. The zero-order valence-corrected chi connectivity index (χ0v) is 11.7. The molecule has 0 aliphatic rings. The van der Waals surface area contributed by atoms with Gasteiger partial charge in [0.25, 0.3) is 0 Å². The molecule has 0 spiro atoms. The van der Waals surface area contributed by atoms with Crippen molar-refractivity contribution < 1.29 is 13.2 Å². The molecule has 106 valence electrons. The first-order chi connectivity index (χ1) is 9.36. The second-order valence-corrected chi connectivity index (χ2v) is 5.02. The third-order valence-corrected chi connectivity index (χ3v) is 3.26. The average Bonchev–Trinajstić information content (AvgIpc) is 2.39. The van der Waals surface area contributed by atoms with Gasteiger partial charge in [0.2, 0.25) is 0 Å². The maximum absolute atomic E-state index is 12.4. The maximum Gasteiger partial charge on any atom is 0.416 e. The van der Waals surface area contributed by atoms with Crippen molar-refractivity contribution in [2.75, 3.05) is 5.32 Å². The number of anilines is 1. The van der Waals surface area contributed by atoms with Crippen LogP contribution in [0.2, 0.25) is 10.0 Å². The third-order valence-electron chi connectivity index (χ3n) is 2.69. The highest BCUT2D eigenvalue weighted by atomic mass is 35.5. The van der Waals surface area contributed by atoms with E-state index in [4.69, 9.17) is 23.2 Å². The number of alkyl halides is 3. The predicted octanol–water partition coefficient (Wildman–Crippen LogP) is 5.62. The van der Waals surface area contributed by atoms with Crippen LogP contribution in [0.25, 0.3) is 0 Å². The summed E-state index contributed by atoms with van der Waals surface area (Å²) in [5.41, 5.74) is 0.690. The Bertz CT molecular complexity index is 594. The van der Waals surface area contributed by atoms with E-state index < -0.39 is 11.7 Å². The lowest BCUT2D eigenvalue weighted by molar-refractivity contribution is -0.137. The third kappa shape index (κ3) is 3.81. The van der Waals surface area contributed by atoms with E-state index in [1.807, 2.05) is 0 Å². The van der Waals surface area contributed by atoms with Gasteiger partial charge in [0, 0.05) is 11.6 Å². The SMILES string of the molecule is FC(F)(F)c1ccc(CNc2cc(Cl)ccc2Cl)cc1. The smallest absolute Gasteiger partial charge is 0.380 e. The molecule has 2 rings (SSSR count). The molecule has 0 radical (unpaired) electrons. The summed E-state index contributed by atoms with van der Waals surface area (Å²) in [5, 5.41) is 4.06. The molecule has 2 aromatic rings. The highest BCUT2D eigenvalue weighted by Crippen LogP contribution is 2.29. The van der Waals surface area contributed by atoms with Crippen LogP contribution in [0.5, 0.6) is 0 Å². The van der Waals surface area contributed by atoms with Crippen LogP contribution in [0, 0.1) is 0 Å². The summed E-state index contributed by atoms with van der Waals surface area (Å²) in [6, 6.07) is 9.93. The quantitative estimate of drug-likeness (QED) is 0.773. The molecule has 20 heavy (non-hydrogen) atoms. The van der Waals surface area contributed by atoms with Crippen molar-refractivity contribution in [2.24, 2.45) is 0 Å². The fourth-order valence-corrected chi connectivity index (χ4v) is 2.00. The zero-order valence-electron chi connectivity index (χ0n) is 10.1. The molecule has 1 N–H and O–H groups in total. The van der Waals surface area contributed by atoms with Crippen molar-refractivity contribution in [1.29, 1.82) is 0 Å². The molecule has 0 aliphatic carbocycles. The summed E-state index contributed by atoms with van der Waals surface area (Å²) in [5.74, 6) is 0. The molecule has 0 fully saturated rings. The summed E-state index contributed by atoms with van der Waals surface area (Å²) in [6.45, 7) is 0.359. The molecule has 0 heterocycles. The van der Waals surface area contributed by atoms with Gasteiger partial charge in [0.15, 0.2) is 0 Å². The molecule has 0 saturated heterocycles. The number of hydrogen-bond acceptors (Lipinski definition) is 1. The summed E-state index contributed by atoms with van der Waals surface area (Å²) >= 11 is 11.8. The minimum absolute atomic E-state index is 0.359. The Morgan fingerprint density at radius 3 is 2.20 bits per heavy atom. The van der Waals surface area contributed by atoms with Crippen molar-refractivity contribution in [3.05, 3.63) is 63.6 Å². The van der Waals surface area contributed by atoms with Crippen LogP contribution in [0.4, 0.5) is 18.9 Å². The van der Waals surface area contributed by atoms with Crippen molar-refractivity contribution in [1.82, 2.24) is 0 Å². The lowest BCUT2D eigenvalue weighted by Gasteiger charge is -2.10. The van der Waals surface area contributed by atoms with Gasteiger partial charge in [-0.1, -0.05) is 35.3 Å². The Hall–Kier alpha value is -1.39. The first-order valence-corrected chi connectivity index (χ1v) is 6.47. The Labute approximate surface area is 124 Å². The number of halogens is 5. The summed E-state index contributed by atoms with van der Waals surface area (Å²) in [6.07, 6.45) is -4.32. The van der Waals surface area contributed by atoms with E-state index in [9.17, 15) is 13.2 Å². The first-order valence-electron chi connectivity index (χ1n) is 5.71. The minimum atomic E-state index is -4.32. The van der Waals surface area contributed by atoms with Gasteiger partial charge in [0.1, 0.15) is 0 Å². The lowest BCUT2D eigenvalue weighted by atomic mass is 10.1. The lowest BCUT2D eigenvalue weighted by Crippen LogP contribution is -2.05. The molecular weight excluding hydrogens is 310 g/mol. The van der Waals surface area contributed by atoms with E-state index in [0.717, 1.165) is 12.1 Å². The van der Waals surface area contributed by atoms with Crippen LogP contribution in [0.15, 0.2) is 42.5 Å². The molecule has 0 bridgehead atoms. The molecule has 0 aliphatic heterocycles. The van der Waals surface area contributed by atoms with E-state index in [1.165, 1.54) is 12.1 Å². The standard InChI is InChI=1S/C14H10Cl2F3N/c15-11-5-6-12(16)13(7-11)20-8-9-1-3-10(4-2-9)14(17,18)19/h1-7,20H,8H2. The predicted molar refractivity (Wildman–Crippen MR) is 75.2 cm³/mol. The topological polar surface area (TPSA) is 12.0 Å². The van der Waals surface area contributed by atoms with E-state index in [2.05, 4.69) is 5.32 Å². The van der Waals surface area contributed by atoms with Gasteiger partial charge >= 0.3 is 6.18 Å². The van der Waals surface area contributed by atoms with Crippen LogP contribution in [-0.2, 0) is 12.7 Å². The Kier molecular flexibility index (Phi) is 4.45. The van der Waals surface area contributed by atoms with Gasteiger partial charge in [0.05, 0.1) is 16.3 Å². The second-order valence-electron chi connectivity index (χ2n) is 4.17. The van der Waals surface area contributed by atoms with Crippen LogP contribution < -0.4 is 5.32 Å². The summed E-state index contributed by atoms with van der Waals surface area (Å²) in [4.78, 5) is 0. The molecule has 0 aromatic heterocycles. The molecular formula is C14H10Cl2F3N. The first kappa shape index (κ1) is 15.0. The van der Waals surface area contributed by atoms with Crippen molar-refractivity contribution in [3.8, 4) is 0 Å². The summed E-state index contributed by atoms with van der Waals surface area (Å²) < 4.78 is 37.3. The van der Waals surface area contributed by atoms with Crippen LogP contribution in [-0.4, -0.2) is 0 Å². The molecule has 6 heteroatoms. The van der Waals surface area contributed by atoms with Gasteiger partial charge in [-0.2, -0.15) is 13.2 Å². The van der Waals surface area contributed by atoms with Crippen molar-refractivity contribution in [3.63, 3.8) is 0 Å². The minimum Gasteiger partial charge on any atom is -0.380 e. The number of benzene rings is 2. The molecule has 0 saturated carbocycles. The van der Waals surface area contributed by atoms with Gasteiger partial charge in [-0.3, -0.25) is 0 Å². The van der Waals surface area contributed by atoms with Gasteiger partial charge < -0.3 is 5.32 Å². The van der Waals surface area contributed by atoms with E-state index in [1.54, 1.807) is 18.2 Å². The highest BCUT2D eigenvalue weighted by Gasteiger charge is 2.29. The van der Waals surface area contributed by atoms with Gasteiger partial charge in [-0.25, -0.2) is 0 Å². The molecule has 0 amide bonds. The van der Waals surface area contributed by atoms with Gasteiger partial charge in [-0.05, 0) is 35.9 Å². The van der Waals surface area contributed by atoms with Crippen LogP contribution in [0.1, 0.15) is 11.1 Å². The van der Waals surface area contributed by atoms with Gasteiger partial charge in [-0.15, -0.1) is 0 Å². The second kappa shape index (κ2) is 5.94. The molecule has 0 unspecified atom stereocenters. The summed E-state index contributed by atoms with van der Waals surface area (Å²) in [7, 11) is 0. The zero-order chi connectivity index (χ0) is 14.8. The monoisotopic (exact) mass is 319 g/mol. The van der Waals surface area contributed by atoms with Crippen molar-refractivity contribution in [2.45, 2.75) is 12.7 Å². The van der Waals surface area contributed by atoms with Crippen molar-refractivity contribution >= 4 is 28.9 Å². The normalized spacial score (nSPS) is 11.4. The Morgan fingerprint density at radius 1 is 0.950 bits per heavy atom. The van der Waals surface area contributed by atoms with E-state index >= 15 is 0 Å². The maximum atomic E-state index is 12.4. The Morgan fingerprint density at radius 2 is 1.60 bits per heavy atom. The van der Waals surface area contributed by atoms with E-state index in [-0.39, 0.29) is 0 Å². The van der Waals surface area contributed by atoms with Crippen LogP contribution in [0.3, 0.4) is 0 Å². The van der Waals surface area contributed by atoms with Crippen LogP contribution >= 0.6 is 23.2 Å². The largest absolute Gasteiger partial charge is 0.416 e. The highest BCUT2D eigenvalue weighted by molar-refractivity contribution is 6.35. The fourth-order valence-electron chi connectivity index (χ4n) is 1.64. The molecule has 2 aromatic carbocycles. The Balaban J connectivity index is 2.06. The molecule has 1 nitrogen and oxygen atoms in total.